The largest absolute Gasteiger partial charge is 0.483 e. The van der Waals surface area contributed by atoms with Crippen LogP contribution in [0.3, 0.4) is 0 Å². The summed E-state index contributed by atoms with van der Waals surface area (Å²) in [7, 11) is 0. The van der Waals surface area contributed by atoms with Crippen molar-refractivity contribution in [3.63, 3.8) is 0 Å². The lowest BCUT2D eigenvalue weighted by atomic mass is 9.84. The van der Waals surface area contributed by atoms with Gasteiger partial charge in [-0.1, -0.05) is 24.6 Å². The van der Waals surface area contributed by atoms with E-state index in [2.05, 4.69) is 10.2 Å². The number of likely N-dealkylation sites (tertiary alicyclic amines) is 1. The fraction of sp³-hybridized carbons (Fsp3) is 0.609. The predicted molar refractivity (Wildman–Crippen MR) is 116 cm³/mol. The molecule has 1 aromatic carbocycles. The van der Waals surface area contributed by atoms with Crippen LogP contribution in [0.1, 0.15) is 51.5 Å². The molecule has 0 unspecified atom stereocenters. The lowest BCUT2D eigenvalue weighted by Gasteiger charge is -2.37. The zero-order valence-corrected chi connectivity index (χ0v) is 18.0. The summed E-state index contributed by atoms with van der Waals surface area (Å²) in [5.74, 6) is 1.29. The van der Waals surface area contributed by atoms with E-state index in [1.54, 1.807) is 0 Å². The second-order valence-electron chi connectivity index (χ2n) is 9.12. The van der Waals surface area contributed by atoms with Gasteiger partial charge >= 0.3 is 6.03 Å². The van der Waals surface area contributed by atoms with Crippen LogP contribution in [-0.4, -0.2) is 54.6 Å². The van der Waals surface area contributed by atoms with E-state index < -0.39 is 5.41 Å². The van der Waals surface area contributed by atoms with Crippen molar-refractivity contribution in [3.8, 4) is 0 Å². The quantitative estimate of drug-likeness (QED) is 0.737. The zero-order chi connectivity index (χ0) is 21.7. The van der Waals surface area contributed by atoms with E-state index >= 15 is 0 Å². The van der Waals surface area contributed by atoms with E-state index in [-0.39, 0.29) is 18.4 Å². The topological polar surface area (TPSA) is 90.0 Å². The Balaban J connectivity index is 0.000000806. The normalized spacial score (nSPS) is 21.3. The highest BCUT2D eigenvalue weighted by molar-refractivity contribution is 6.22. The van der Waals surface area contributed by atoms with Gasteiger partial charge in [-0.15, -0.1) is 0 Å². The van der Waals surface area contributed by atoms with Crippen LogP contribution >= 0.6 is 0 Å². The lowest BCUT2D eigenvalue weighted by molar-refractivity contribution is -0.123. The molecule has 2 heterocycles. The number of anilines is 1. The smallest absolute Gasteiger partial charge is 0.328 e. The molecule has 7 nitrogen and oxygen atoms in total. The number of rotatable bonds is 4. The minimum atomic E-state index is -0.652. The highest BCUT2D eigenvalue weighted by Crippen LogP contribution is 2.41. The Morgan fingerprint density at radius 2 is 1.80 bits per heavy atom. The molecule has 2 aliphatic heterocycles. The van der Waals surface area contributed by atoms with Crippen molar-refractivity contribution in [1.29, 1.82) is 0 Å². The molecule has 3 aliphatic rings. The molecular weight excluding hydrogens is 382 g/mol. The Hall–Kier alpha value is -2.41. The number of carbonyl (C=O) groups is 3. The average molecular weight is 416 g/mol. The maximum absolute atomic E-state index is 12.8. The molecule has 1 aliphatic carbocycles. The molecule has 0 bridgehead atoms. The number of nitrogens with zero attached hydrogens (tertiary/aromatic N) is 2. The number of hydrogen-bond acceptors (Lipinski definition) is 4. The van der Waals surface area contributed by atoms with Gasteiger partial charge in [-0.25, -0.2) is 9.69 Å². The van der Waals surface area contributed by atoms with Crippen molar-refractivity contribution in [3.05, 3.63) is 29.8 Å². The van der Waals surface area contributed by atoms with E-state index in [1.807, 2.05) is 38.1 Å². The van der Waals surface area contributed by atoms with Crippen LogP contribution in [0.4, 0.5) is 10.5 Å². The van der Waals surface area contributed by atoms with Gasteiger partial charge in [0.2, 0.25) is 5.91 Å². The van der Waals surface area contributed by atoms with Gasteiger partial charge < -0.3 is 15.3 Å². The molecule has 1 aromatic rings. The standard InChI is InChI=1S/C22H31N3O2.CH2O2/c1-22(2)18-8-3-4-9-19(18)25(20(22)26)21(27)23-14-16-10-12-24(13-11-16)15-17-6-5-7-17;2-1-3/h3-4,8-9,16-17H,5-7,10-15H2,1-2H3,(H,23,27);1H,(H,2,3). The van der Waals surface area contributed by atoms with E-state index in [4.69, 9.17) is 9.90 Å². The summed E-state index contributed by atoms with van der Waals surface area (Å²) in [5, 5.41) is 9.92. The summed E-state index contributed by atoms with van der Waals surface area (Å²) in [6.45, 7) is 7.71. The fourth-order valence-corrected chi connectivity index (χ4v) is 4.63. The molecule has 1 saturated heterocycles. The summed E-state index contributed by atoms with van der Waals surface area (Å²) < 4.78 is 0. The first-order valence-electron chi connectivity index (χ1n) is 10.9. The van der Waals surface area contributed by atoms with Crippen molar-refractivity contribution < 1.29 is 19.5 Å². The number of urea groups is 1. The Bertz CT molecular complexity index is 767. The number of piperidine rings is 1. The molecule has 3 amide bonds. The monoisotopic (exact) mass is 415 g/mol. The number of benzene rings is 1. The first-order valence-corrected chi connectivity index (χ1v) is 10.9. The minimum absolute atomic E-state index is 0.142. The molecule has 0 radical (unpaired) electrons. The summed E-state index contributed by atoms with van der Waals surface area (Å²) in [5.41, 5.74) is 0.996. The first-order chi connectivity index (χ1) is 14.4. The van der Waals surface area contributed by atoms with Crippen LogP contribution in [0, 0.1) is 11.8 Å². The van der Waals surface area contributed by atoms with Crippen LogP contribution in [0.15, 0.2) is 24.3 Å². The van der Waals surface area contributed by atoms with Crippen LogP contribution < -0.4 is 10.2 Å². The van der Waals surface area contributed by atoms with Crippen molar-refractivity contribution in [2.75, 3.05) is 31.1 Å². The van der Waals surface area contributed by atoms with Gasteiger partial charge in [-0.05, 0) is 76.1 Å². The molecular formula is C23H33N3O4. The molecule has 2 N–H and O–H groups in total. The number of nitrogens with one attached hydrogen (secondary N) is 1. The molecule has 0 spiro atoms. The molecule has 7 heteroatoms. The van der Waals surface area contributed by atoms with Gasteiger partial charge in [-0.3, -0.25) is 9.59 Å². The van der Waals surface area contributed by atoms with Crippen molar-refractivity contribution in [2.45, 2.75) is 51.4 Å². The second-order valence-corrected chi connectivity index (χ2v) is 9.12. The van der Waals surface area contributed by atoms with Gasteiger partial charge in [-0.2, -0.15) is 0 Å². The third-order valence-corrected chi connectivity index (χ3v) is 6.75. The van der Waals surface area contributed by atoms with E-state index in [9.17, 15) is 9.59 Å². The Morgan fingerprint density at radius 1 is 1.17 bits per heavy atom. The SMILES string of the molecule is CC1(C)C(=O)N(C(=O)NCC2CCN(CC3CCC3)CC2)c2ccccc21.O=CO. The van der Waals surface area contributed by atoms with Crippen molar-refractivity contribution in [1.82, 2.24) is 10.2 Å². The first kappa shape index (κ1) is 22.3. The minimum Gasteiger partial charge on any atom is -0.483 e. The molecule has 0 aromatic heterocycles. The number of carbonyl (C=O) groups excluding carboxylic acids is 2. The number of para-hydroxylation sites is 1. The molecule has 0 atom stereocenters. The number of imide groups is 1. The number of fused-ring (bicyclic) bond motifs is 1. The molecule has 30 heavy (non-hydrogen) atoms. The summed E-state index contributed by atoms with van der Waals surface area (Å²) in [6.07, 6.45) is 6.46. The maximum atomic E-state index is 12.8. The molecule has 1 saturated carbocycles. The van der Waals surface area contributed by atoms with Crippen molar-refractivity contribution in [2.24, 2.45) is 11.8 Å². The lowest BCUT2D eigenvalue weighted by Crippen LogP contribution is -2.48. The summed E-state index contributed by atoms with van der Waals surface area (Å²) in [6, 6.07) is 7.33. The Labute approximate surface area is 178 Å². The van der Waals surface area contributed by atoms with E-state index in [0.717, 1.165) is 43.1 Å². The molecule has 164 valence electrons. The Morgan fingerprint density at radius 3 is 2.40 bits per heavy atom. The zero-order valence-electron chi connectivity index (χ0n) is 18.0. The Kier molecular flexibility index (Phi) is 7.13. The van der Waals surface area contributed by atoms with Gasteiger partial charge in [0, 0.05) is 13.1 Å². The van der Waals surface area contributed by atoms with Gasteiger partial charge in [0.1, 0.15) is 0 Å². The van der Waals surface area contributed by atoms with Gasteiger partial charge in [0.15, 0.2) is 0 Å². The van der Waals surface area contributed by atoms with Gasteiger partial charge in [0.25, 0.3) is 6.47 Å². The van der Waals surface area contributed by atoms with Gasteiger partial charge in [0.05, 0.1) is 11.1 Å². The van der Waals surface area contributed by atoms with Crippen LogP contribution in [0.25, 0.3) is 0 Å². The van der Waals surface area contributed by atoms with E-state index in [1.165, 1.54) is 30.7 Å². The predicted octanol–water partition coefficient (Wildman–Crippen LogP) is 3.23. The average Bonchev–Trinajstić information content (AvgIpc) is 2.91. The summed E-state index contributed by atoms with van der Waals surface area (Å²) in [4.78, 5) is 37.9. The fourth-order valence-electron chi connectivity index (χ4n) is 4.63. The van der Waals surface area contributed by atoms with Crippen molar-refractivity contribution >= 4 is 24.1 Å². The number of hydrogen-bond donors (Lipinski definition) is 2. The highest BCUT2D eigenvalue weighted by atomic mass is 16.3. The highest BCUT2D eigenvalue weighted by Gasteiger charge is 2.46. The van der Waals surface area contributed by atoms with Crippen LogP contribution in [0.2, 0.25) is 0 Å². The number of carboxylic acid groups (broad SMARTS) is 1. The second kappa shape index (κ2) is 9.60. The molecule has 4 rings (SSSR count). The third-order valence-electron chi connectivity index (χ3n) is 6.75. The van der Waals surface area contributed by atoms with Crippen LogP contribution in [-0.2, 0) is 15.0 Å². The third kappa shape index (κ3) is 4.67. The maximum Gasteiger partial charge on any atom is 0.328 e. The summed E-state index contributed by atoms with van der Waals surface area (Å²) >= 11 is 0. The number of amides is 3. The van der Waals surface area contributed by atoms with E-state index in [0.29, 0.717) is 12.5 Å². The molecule has 2 fully saturated rings. The van der Waals surface area contributed by atoms with Crippen LogP contribution in [0.5, 0.6) is 0 Å².